The number of aliphatic hydroxyl groups excluding tert-OH is 1. The van der Waals surface area contributed by atoms with E-state index in [1.807, 2.05) is 13.0 Å². The highest BCUT2D eigenvalue weighted by atomic mass is 16.5. The lowest BCUT2D eigenvalue weighted by Gasteiger charge is -2.29. The second kappa shape index (κ2) is 12.8. The van der Waals surface area contributed by atoms with Crippen LogP contribution in [0.4, 0.5) is 10.6 Å². The molecule has 0 aromatic carbocycles. The third kappa shape index (κ3) is 6.78. The first kappa shape index (κ1) is 26.1. The second-order valence-corrected chi connectivity index (χ2v) is 8.45. The number of aliphatic hydroxyl groups is 1. The van der Waals surface area contributed by atoms with Crippen LogP contribution in [0.3, 0.4) is 0 Å². The zero-order valence-electron chi connectivity index (χ0n) is 20.2. The Kier molecular flexibility index (Phi) is 9.58. The van der Waals surface area contributed by atoms with E-state index in [0.717, 1.165) is 31.2 Å². The summed E-state index contributed by atoms with van der Waals surface area (Å²) in [5, 5.41) is 22.0. The molecule has 1 fully saturated rings. The van der Waals surface area contributed by atoms with Crippen LogP contribution in [-0.4, -0.2) is 48.3 Å². The summed E-state index contributed by atoms with van der Waals surface area (Å²) in [5.41, 5.74) is 2.21. The van der Waals surface area contributed by atoms with Gasteiger partial charge in [0.25, 0.3) is 0 Å². The smallest absolute Gasteiger partial charge is 0.327 e. The molecule has 3 heterocycles. The number of amides is 2. The Morgan fingerprint density at radius 2 is 2.29 bits per heavy atom. The first-order chi connectivity index (χ1) is 17.0. The van der Waals surface area contributed by atoms with Crippen molar-refractivity contribution in [2.45, 2.75) is 58.7 Å². The highest BCUT2D eigenvalue weighted by Crippen LogP contribution is 2.27. The van der Waals surface area contributed by atoms with Crippen molar-refractivity contribution >= 4 is 18.1 Å². The molecule has 0 aliphatic carbocycles. The molecule has 0 radical (unpaired) electrons. The van der Waals surface area contributed by atoms with E-state index in [-0.39, 0.29) is 18.4 Å². The topological polar surface area (TPSA) is 125 Å². The minimum atomic E-state index is -0.401. The van der Waals surface area contributed by atoms with Gasteiger partial charge in [0.2, 0.25) is 0 Å². The predicted octanol–water partition coefficient (Wildman–Crippen LogP) is 3.69. The van der Waals surface area contributed by atoms with Crippen molar-refractivity contribution < 1.29 is 24.2 Å². The van der Waals surface area contributed by atoms with Crippen molar-refractivity contribution in [3.63, 3.8) is 0 Å². The standard InChI is InChI=1S/C26H32N4O5/c1-3-4-7-20(14-27)24(35-17-22-9-6-11-34-22)12-18(2)28-26(33)30-10-5-8-19-13-21(15-31)23(16-32)29-25(19)30/h4,7,12-13,16,22,31H,3,5-6,8-11,15,17H2,1-2H3,(H,28,33)/b7-4+,18-12+,24-20-. The Bertz CT molecular complexity index is 1060. The predicted molar refractivity (Wildman–Crippen MR) is 130 cm³/mol. The van der Waals surface area contributed by atoms with Crippen LogP contribution >= 0.6 is 0 Å². The molecule has 9 nitrogen and oxygen atoms in total. The number of ether oxygens (including phenoxy) is 2. The van der Waals surface area contributed by atoms with Gasteiger partial charge in [-0.2, -0.15) is 5.26 Å². The number of aryl methyl sites for hydroxylation is 1. The molecule has 2 N–H and O–H groups in total. The van der Waals surface area contributed by atoms with Gasteiger partial charge in [-0.25, -0.2) is 9.78 Å². The van der Waals surface area contributed by atoms with Gasteiger partial charge in [0.15, 0.2) is 6.29 Å². The molecule has 1 aromatic heterocycles. The molecule has 1 saturated heterocycles. The molecule has 1 atom stereocenters. The van der Waals surface area contributed by atoms with E-state index in [9.17, 15) is 20.0 Å². The van der Waals surface area contributed by atoms with E-state index in [4.69, 9.17) is 9.47 Å². The fourth-order valence-corrected chi connectivity index (χ4v) is 4.02. The van der Waals surface area contributed by atoms with Crippen LogP contribution in [0, 0.1) is 11.3 Å². The van der Waals surface area contributed by atoms with E-state index in [0.29, 0.717) is 60.9 Å². The zero-order valence-corrected chi connectivity index (χ0v) is 20.2. The Morgan fingerprint density at radius 3 is 2.94 bits per heavy atom. The number of anilines is 1. The summed E-state index contributed by atoms with van der Waals surface area (Å²) in [6, 6.07) is 3.50. The number of carbonyl (C=O) groups excluding carboxylic acids is 2. The lowest BCUT2D eigenvalue weighted by Crippen LogP contribution is -2.43. The van der Waals surface area contributed by atoms with Crippen molar-refractivity contribution in [2.24, 2.45) is 0 Å². The molecular formula is C26H32N4O5. The average molecular weight is 481 g/mol. The van der Waals surface area contributed by atoms with Crippen LogP contribution in [0.1, 0.15) is 61.1 Å². The number of pyridine rings is 1. The summed E-state index contributed by atoms with van der Waals surface area (Å²) in [6.07, 6.45) is 9.86. The highest BCUT2D eigenvalue weighted by Gasteiger charge is 2.26. The van der Waals surface area contributed by atoms with E-state index >= 15 is 0 Å². The fourth-order valence-electron chi connectivity index (χ4n) is 4.02. The summed E-state index contributed by atoms with van der Waals surface area (Å²) < 4.78 is 11.6. The number of nitrogens with one attached hydrogen (secondary N) is 1. The molecule has 1 aromatic rings. The maximum absolute atomic E-state index is 13.1. The molecule has 2 aliphatic rings. The number of rotatable bonds is 9. The zero-order chi connectivity index (χ0) is 25.2. The van der Waals surface area contributed by atoms with Gasteiger partial charge in [-0.3, -0.25) is 9.69 Å². The van der Waals surface area contributed by atoms with Gasteiger partial charge in [-0.15, -0.1) is 0 Å². The van der Waals surface area contributed by atoms with Crippen molar-refractivity contribution in [3.8, 4) is 6.07 Å². The summed E-state index contributed by atoms with van der Waals surface area (Å²) in [5.74, 6) is 0.772. The van der Waals surface area contributed by atoms with Crippen molar-refractivity contribution in [3.05, 3.63) is 58.1 Å². The Morgan fingerprint density at radius 1 is 1.46 bits per heavy atom. The second-order valence-electron chi connectivity index (χ2n) is 8.45. The lowest BCUT2D eigenvalue weighted by atomic mass is 10.0. The van der Waals surface area contributed by atoms with Gasteiger partial charge in [0.05, 0.1) is 18.3 Å². The maximum atomic E-state index is 13.1. The number of allylic oxidation sites excluding steroid dienone is 5. The summed E-state index contributed by atoms with van der Waals surface area (Å²) in [6.45, 7) is 4.87. The number of aromatic nitrogens is 1. The summed E-state index contributed by atoms with van der Waals surface area (Å²) in [4.78, 5) is 30.4. The van der Waals surface area contributed by atoms with Crippen LogP contribution in [0.5, 0.6) is 0 Å². The molecule has 1 unspecified atom stereocenters. The Balaban J connectivity index is 1.82. The number of fused-ring (bicyclic) bond motifs is 1. The van der Waals surface area contributed by atoms with Crippen LogP contribution < -0.4 is 10.2 Å². The van der Waals surface area contributed by atoms with Crippen LogP contribution in [-0.2, 0) is 22.5 Å². The maximum Gasteiger partial charge on any atom is 0.327 e. The number of hydrogen-bond donors (Lipinski definition) is 2. The number of urea groups is 1. The minimum absolute atomic E-state index is 0.0184. The average Bonchev–Trinajstić information content (AvgIpc) is 3.39. The molecule has 2 aliphatic heterocycles. The van der Waals surface area contributed by atoms with Crippen molar-refractivity contribution in [1.82, 2.24) is 10.3 Å². The number of nitriles is 1. The summed E-state index contributed by atoms with van der Waals surface area (Å²) in [7, 11) is 0. The van der Waals surface area contributed by atoms with Gasteiger partial charge >= 0.3 is 6.03 Å². The fraction of sp³-hybridized carbons (Fsp3) is 0.462. The highest BCUT2D eigenvalue weighted by molar-refractivity contribution is 5.93. The molecule has 186 valence electrons. The SMILES string of the molecule is CC/C=C/C(C#N)=C(\C=C(/C)NC(=O)N1CCCc2cc(CO)c(C=O)nc21)OCC1CCCO1. The van der Waals surface area contributed by atoms with Crippen molar-refractivity contribution in [2.75, 3.05) is 24.7 Å². The molecule has 35 heavy (non-hydrogen) atoms. The number of carbonyl (C=O) groups is 2. The van der Waals surface area contributed by atoms with Gasteiger partial charge in [0, 0.05) is 30.5 Å². The quantitative estimate of drug-likeness (QED) is 0.239. The molecule has 0 saturated carbocycles. The third-order valence-electron chi connectivity index (χ3n) is 5.81. The molecule has 2 amide bonds. The van der Waals surface area contributed by atoms with Gasteiger partial charge in [0.1, 0.15) is 29.9 Å². The Hall–Kier alpha value is -3.48. The Labute approximate surface area is 205 Å². The monoisotopic (exact) mass is 480 g/mol. The third-order valence-corrected chi connectivity index (χ3v) is 5.81. The van der Waals surface area contributed by atoms with Crippen LogP contribution in [0.2, 0.25) is 0 Å². The van der Waals surface area contributed by atoms with E-state index < -0.39 is 6.03 Å². The number of aldehydes is 1. The summed E-state index contributed by atoms with van der Waals surface area (Å²) >= 11 is 0. The molecule has 9 heteroatoms. The first-order valence-corrected chi connectivity index (χ1v) is 11.9. The molecular weight excluding hydrogens is 448 g/mol. The van der Waals surface area contributed by atoms with Gasteiger partial charge in [-0.1, -0.05) is 13.0 Å². The van der Waals surface area contributed by atoms with Crippen LogP contribution in [0.25, 0.3) is 0 Å². The molecule has 0 bridgehead atoms. The van der Waals surface area contributed by atoms with Gasteiger partial charge in [-0.05, 0) is 56.7 Å². The molecule has 0 spiro atoms. The minimum Gasteiger partial charge on any atom is -0.489 e. The lowest BCUT2D eigenvalue weighted by molar-refractivity contribution is 0.0456. The first-order valence-electron chi connectivity index (χ1n) is 11.9. The van der Waals surface area contributed by atoms with E-state index in [1.165, 1.54) is 4.90 Å². The van der Waals surface area contributed by atoms with Crippen molar-refractivity contribution in [1.29, 1.82) is 5.26 Å². The van der Waals surface area contributed by atoms with E-state index in [2.05, 4.69) is 16.4 Å². The normalized spacial score (nSPS) is 18.6. The largest absolute Gasteiger partial charge is 0.489 e. The van der Waals surface area contributed by atoms with Crippen LogP contribution in [0.15, 0.2) is 41.3 Å². The molecule has 3 rings (SSSR count). The van der Waals surface area contributed by atoms with Gasteiger partial charge < -0.3 is 19.9 Å². The van der Waals surface area contributed by atoms with E-state index in [1.54, 1.807) is 25.1 Å². The number of hydrogen-bond acceptors (Lipinski definition) is 7. The number of nitrogens with zero attached hydrogens (tertiary/aromatic N) is 3.